The molecule has 24 heavy (non-hydrogen) atoms. The molecule has 4 heteroatoms. The Balaban J connectivity index is 2.18. The van der Waals surface area contributed by atoms with Crippen molar-refractivity contribution in [3.05, 3.63) is 88.5 Å². The molecule has 0 aliphatic heterocycles. The maximum Gasteiger partial charge on any atom is 0.281 e. The number of aromatic nitrogens is 3. The molecule has 4 nitrogen and oxygen atoms in total. The molecule has 0 fully saturated rings. The van der Waals surface area contributed by atoms with E-state index in [0.29, 0.717) is 16.7 Å². The van der Waals surface area contributed by atoms with E-state index in [-0.39, 0.29) is 5.56 Å². The van der Waals surface area contributed by atoms with Crippen LogP contribution >= 0.6 is 0 Å². The zero-order valence-electron chi connectivity index (χ0n) is 13.6. The lowest BCUT2D eigenvalue weighted by atomic mass is 10.2. The topological polar surface area (TPSA) is 39.8 Å². The maximum absolute atomic E-state index is 13.2. The molecule has 4 aromatic rings. The highest BCUT2D eigenvalue weighted by molar-refractivity contribution is 5.79. The van der Waals surface area contributed by atoms with E-state index in [0.717, 1.165) is 17.0 Å². The third-order valence-corrected chi connectivity index (χ3v) is 4.22. The van der Waals surface area contributed by atoms with Crippen molar-refractivity contribution in [2.45, 2.75) is 13.8 Å². The fraction of sp³-hybridized carbons (Fsp3) is 0.100. The molecule has 2 heterocycles. The lowest BCUT2D eigenvalue weighted by molar-refractivity contribution is 0.602. The molecule has 0 bridgehead atoms. The molecule has 0 amide bonds. The second-order valence-electron chi connectivity index (χ2n) is 5.86. The first-order valence-corrected chi connectivity index (χ1v) is 7.89. The molecule has 0 unspecified atom stereocenters. The summed E-state index contributed by atoms with van der Waals surface area (Å²) in [5.41, 5.74) is 3.53. The largest absolute Gasteiger partial charge is 0.281 e. The third kappa shape index (κ3) is 2.15. The standard InChI is InChI=1S/C20H17N3O/c1-14-12-13-15(2)22(14)23-19(16-8-4-3-5-9-16)21-18-11-7-6-10-17(18)20(23)24/h3-13H,1-2H3. The first-order valence-electron chi connectivity index (χ1n) is 7.89. The normalized spacial score (nSPS) is 11.1. The summed E-state index contributed by atoms with van der Waals surface area (Å²) in [6.45, 7) is 3.98. The summed E-state index contributed by atoms with van der Waals surface area (Å²) < 4.78 is 3.59. The quantitative estimate of drug-likeness (QED) is 0.564. The van der Waals surface area contributed by atoms with E-state index in [1.165, 1.54) is 0 Å². The van der Waals surface area contributed by atoms with E-state index in [1.54, 1.807) is 4.68 Å². The first-order chi connectivity index (χ1) is 11.7. The molecule has 0 aliphatic carbocycles. The van der Waals surface area contributed by atoms with Gasteiger partial charge in [-0.15, -0.1) is 0 Å². The zero-order chi connectivity index (χ0) is 16.7. The Morgan fingerprint density at radius 1 is 0.750 bits per heavy atom. The van der Waals surface area contributed by atoms with Crippen molar-refractivity contribution in [3.8, 4) is 11.4 Å². The number of fused-ring (bicyclic) bond motifs is 1. The van der Waals surface area contributed by atoms with Gasteiger partial charge in [0.1, 0.15) is 0 Å². The first kappa shape index (κ1) is 14.5. The van der Waals surface area contributed by atoms with Crippen LogP contribution in [-0.4, -0.2) is 14.3 Å². The highest BCUT2D eigenvalue weighted by atomic mass is 16.1. The van der Waals surface area contributed by atoms with Crippen LogP contribution in [0.2, 0.25) is 0 Å². The van der Waals surface area contributed by atoms with Gasteiger partial charge in [-0.2, -0.15) is 4.68 Å². The smallest absolute Gasteiger partial charge is 0.267 e. The van der Waals surface area contributed by atoms with E-state index in [2.05, 4.69) is 0 Å². The summed E-state index contributed by atoms with van der Waals surface area (Å²) in [5.74, 6) is 0.640. The molecule has 0 atom stereocenters. The summed E-state index contributed by atoms with van der Waals surface area (Å²) in [4.78, 5) is 18.0. The van der Waals surface area contributed by atoms with Crippen LogP contribution < -0.4 is 5.56 Å². The highest BCUT2D eigenvalue weighted by Gasteiger charge is 2.16. The van der Waals surface area contributed by atoms with Crippen molar-refractivity contribution in [3.63, 3.8) is 0 Å². The molecule has 0 spiro atoms. The minimum atomic E-state index is -0.0677. The van der Waals surface area contributed by atoms with E-state index < -0.39 is 0 Å². The minimum Gasteiger partial charge on any atom is -0.267 e. The van der Waals surface area contributed by atoms with Gasteiger partial charge in [0, 0.05) is 17.0 Å². The van der Waals surface area contributed by atoms with Crippen molar-refractivity contribution >= 4 is 10.9 Å². The monoisotopic (exact) mass is 315 g/mol. The van der Waals surface area contributed by atoms with Crippen LogP contribution in [-0.2, 0) is 0 Å². The Hall–Kier alpha value is -3.14. The van der Waals surface area contributed by atoms with E-state index in [4.69, 9.17) is 4.98 Å². The number of rotatable bonds is 2. The molecule has 4 rings (SSSR count). The predicted molar refractivity (Wildman–Crippen MR) is 96.1 cm³/mol. The van der Waals surface area contributed by atoms with Gasteiger partial charge in [0.2, 0.25) is 0 Å². The molecule has 118 valence electrons. The molecule has 0 radical (unpaired) electrons. The van der Waals surface area contributed by atoms with Gasteiger partial charge in [-0.3, -0.25) is 9.47 Å². The molecule has 0 saturated heterocycles. The second-order valence-corrected chi connectivity index (χ2v) is 5.86. The van der Waals surface area contributed by atoms with E-state index >= 15 is 0 Å². The van der Waals surface area contributed by atoms with Gasteiger partial charge in [0.05, 0.1) is 10.9 Å². The summed E-state index contributed by atoms with van der Waals surface area (Å²) in [6, 6.07) is 21.3. The van der Waals surface area contributed by atoms with Crippen LogP contribution in [0.25, 0.3) is 22.3 Å². The SMILES string of the molecule is Cc1ccc(C)n1-n1c(-c2ccccc2)nc2ccccc2c1=O. The number of nitrogens with zero attached hydrogens (tertiary/aromatic N) is 3. The minimum absolute atomic E-state index is 0.0677. The van der Waals surface area contributed by atoms with Gasteiger partial charge >= 0.3 is 0 Å². The second kappa shape index (κ2) is 5.49. The summed E-state index contributed by atoms with van der Waals surface area (Å²) in [6.07, 6.45) is 0. The van der Waals surface area contributed by atoms with Crippen LogP contribution in [0.1, 0.15) is 11.4 Å². The Bertz CT molecular complexity index is 1070. The molecular formula is C20H17N3O. The van der Waals surface area contributed by atoms with Gasteiger partial charge in [-0.25, -0.2) is 4.98 Å². The Morgan fingerprint density at radius 2 is 1.38 bits per heavy atom. The van der Waals surface area contributed by atoms with Crippen LogP contribution in [0.5, 0.6) is 0 Å². The number of aryl methyl sites for hydroxylation is 2. The molecule has 2 aromatic carbocycles. The van der Waals surface area contributed by atoms with Crippen molar-refractivity contribution in [1.82, 2.24) is 14.3 Å². The van der Waals surface area contributed by atoms with Crippen LogP contribution in [0.3, 0.4) is 0 Å². The van der Waals surface area contributed by atoms with Gasteiger partial charge in [0.25, 0.3) is 5.56 Å². The fourth-order valence-corrected chi connectivity index (χ4v) is 3.06. The van der Waals surface area contributed by atoms with E-state index in [1.807, 2.05) is 85.3 Å². The van der Waals surface area contributed by atoms with Gasteiger partial charge < -0.3 is 0 Å². The van der Waals surface area contributed by atoms with Crippen molar-refractivity contribution in [1.29, 1.82) is 0 Å². The summed E-state index contributed by atoms with van der Waals surface area (Å²) in [7, 11) is 0. The van der Waals surface area contributed by atoms with Crippen LogP contribution in [0, 0.1) is 13.8 Å². The highest BCUT2D eigenvalue weighted by Crippen LogP contribution is 2.20. The molecule has 0 aliphatic rings. The maximum atomic E-state index is 13.2. The number of hydrogen-bond acceptors (Lipinski definition) is 2. The van der Waals surface area contributed by atoms with Crippen molar-refractivity contribution in [2.24, 2.45) is 0 Å². The third-order valence-electron chi connectivity index (χ3n) is 4.22. The molecular weight excluding hydrogens is 298 g/mol. The number of para-hydroxylation sites is 1. The molecule has 0 N–H and O–H groups in total. The number of hydrogen-bond donors (Lipinski definition) is 0. The Morgan fingerprint density at radius 3 is 2.08 bits per heavy atom. The fourth-order valence-electron chi connectivity index (χ4n) is 3.06. The average molecular weight is 315 g/mol. The zero-order valence-corrected chi connectivity index (χ0v) is 13.6. The van der Waals surface area contributed by atoms with E-state index in [9.17, 15) is 4.79 Å². The van der Waals surface area contributed by atoms with Crippen molar-refractivity contribution < 1.29 is 0 Å². The summed E-state index contributed by atoms with van der Waals surface area (Å²) >= 11 is 0. The predicted octanol–water partition coefficient (Wildman–Crippen LogP) is 3.79. The van der Waals surface area contributed by atoms with Gasteiger partial charge in [-0.05, 0) is 38.1 Å². The Labute approximate surface area is 139 Å². The van der Waals surface area contributed by atoms with Gasteiger partial charge in [0.15, 0.2) is 5.82 Å². The lowest BCUT2D eigenvalue weighted by Gasteiger charge is -2.18. The number of benzene rings is 2. The Kier molecular flexibility index (Phi) is 3.31. The average Bonchev–Trinajstić information content (AvgIpc) is 2.94. The molecule has 0 saturated carbocycles. The molecule has 2 aromatic heterocycles. The van der Waals surface area contributed by atoms with Crippen LogP contribution in [0.15, 0.2) is 71.5 Å². The van der Waals surface area contributed by atoms with Gasteiger partial charge in [-0.1, -0.05) is 42.5 Å². The lowest BCUT2D eigenvalue weighted by Crippen LogP contribution is -2.30. The summed E-state index contributed by atoms with van der Waals surface area (Å²) in [5, 5.41) is 0.615. The van der Waals surface area contributed by atoms with Crippen LogP contribution in [0.4, 0.5) is 0 Å². The van der Waals surface area contributed by atoms with Crippen molar-refractivity contribution in [2.75, 3.05) is 0 Å².